The molecule has 3 heterocycles. The predicted molar refractivity (Wildman–Crippen MR) is 191 cm³/mol. The first kappa shape index (κ1) is 48.4. The Balaban J connectivity index is 1.46. The largest absolute Gasteiger partial charge is 0.550 e. The lowest BCUT2D eigenvalue weighted by Crippen LogP contribution is -2.46. The molecule has 0 aliphatic carbocycles. The Hall–Kier alpha value is -2.97. The van der Waals surface area contributed by atoms with Gasteiger partial charge < -0.3 is 60.8 Å². The number of aromatic nitrogens is 4. The second-order valence-electron chi connectivity index (χ2n) is 12.9. The van der Waals surface area contributed by atoms with Gasteiger partial charge in [-0.1, -0.05) is 25.6 Å². The number of amides is 2. The van der Waals surface area contributed by atoms with Gasteiger partial charge in [0.25, 0.3) is 0 Å². The number of hydrogen-bond donors (Lipinski definition) is 9. The van der Waals surface area contributed by atoms with Gasteiger partial charge in [-0.05, 0) is 19.3 Å². The van der Waals surface area contributed by atoms with Crippen molar-refractivity contribution < 1.29 is 90.4 Å². The number of nitrogens with two attached hydrogens (primary N) is 1. The van der Waals surface area contributed by atoms with Crippen molar-refractivity contribution in [3.63, 3.8) is 0 Å². The Bertz CT molecular complexity index is 1880. The maximum atomic E-state index is 12.7. The summed E-state index contributed by atoms with van der Waals surface area (Å²) in [6.45, 7) is 0.294. The Morgan fingerprint density at radius 3 is 2.35 bits per heavy atom. The topological polar surface area (TPSA) is 404 Å². The van der Waals surface area contributed by atoms with E-state index in [4.69, 9.17) is 19.5 Å². The predicted octanol–water partition coefficient (Wildman–Crippen LogP) is -2.02. The van der Waals surface area contributed by atoms with E-state index in [1.165, 1.54) is 13.8 Å². The molecule has 7 atom stereocenters. The molecule has 3 rings (SSSR count). The number of anilines is 1. The van der Waals surface area contributed by atoms with Crippen molar-refractivity contribution in [2.45, 2.75) is 76.6 Å². The summed E-state index contributed by atoms with van der Waals surface area (Å²) in [5.74, 6) is -2.49. The number of phosphoric ester groups is 3. The third-order valence-corrected chi connectivity index (χ3v) is 11.8. The SMILES string of the molecule is CC(C)(COP(=O)(O)OP(=O)(O)OC[C@H]1O[C@@H](n2cnc3c(N)ncnc32)[C@H](O)[C@@H]1OP(=O)(O)O)[C@@H](O)C(=O)NCCC(=O)NCCSC(=O)CCCCC(=O)[O-]. The van der Waals surface area contributed by atoms with Gasteiger partial charge in [-0.3, -0.25) is 32.5 Å². The Morgan fingerprint density at radius 1 is 1.02 bits per heavy atom. The number of aliphatic hydroxyl groups is 2. The van der Waals surface area contributed by atoms with E-state index in [1.807, 2.05) is 0 Å². The van der Waals surface area contributed by atoms with Gasteiger partial charge in [-0.25, -0.2) is 28.6 Å². The molecule has 1 aliphatic heterocycles. The van der Waals surface area contributed by atoms with Gasteiger partial charge in [0.1, 0.15) is 36.3 Å². The summed E-state index contributed by atoms with van der Waals surface area (Å²) in [7, 11) is -16.4. The van der Waals surface area contributed by atoms with Gasteiger partial charge in [-0.2, -0.15) is 4.31 Å². The van der Waals surface area contributed by atoms with E-state index in [1.54, 1.807) is 0 Å². The zero-order chi connectivity index (χ0) is 42.8. The number of rotatable bonds is 24. The summed E-state index contributed by atoms with van der Waals surface area (Å²) in [5.41, 5.74) is 4.21. The number of aliphatic carboxylic acids is 1. The van der Waals surface area contributed by atoms with E-state index in [2.05, 4.69) is 34.4 Å². The van der Waals surface area contributed by atoms with Crippen molar-refractivity contribution in [1.29, 1.82) is 0 Å². The molecule has 57 heavy (non-hydrogen) atoms. The number of phosphoric acid groups is 3. The number of unbranched alkanes of at least 4 members (excludes halogenated alkanes) is 1. The minimum atomic E-state index is -5.59. The molecule has 1 aliphatic rings. The molecule has 2 aromatic heterocycles. The highest BCUT2D eigenvalue weighted by molar-refractivity contribution is 8.13. The third-order valence-electron chi connectivity index (χ3n) is 7.78. The first-order valence-electron chi connectivity index (χ1n) is 16.7. The molecule has 1 saturated heterocycles. The van der Waals surface area contributed by atoms with Gasteiger partial charge in [0.15, 0.2) is 22.8 Å². The molecule has 10 N–H and O–H groups in total. The van der Waals surface area contributed by atoms with Crippen molar-refractivity contribution in [2.75, 3.05) is 37.8 Å². The van der Waals surface area contributed by atoms with Crippen molar-refractivity contribution in [2.24, 2.45) is 5.41 Å². The molecule has 0 saturated carbocycles. The number of thioether (sulfide) groups is 1. The molecule has 30 heteroatoms. The summed E-state index contributed by atoms with van der Waals surface area (Å²) in [6, 6.07) is 0. The van der Waals surface area contributed by atoms with Crippen LogP contribution in [0.2, 0.25) is 0 Å². The van der Waals surface area contributed by atoms with Crippen LogP contribution in [0.15, 0.2) is 12.7 Å². The van der Waals surface area contributed by atoms with Gasteiger partial charge in [0.05, 0.1) is 19.5 Å². The van der Waals surface area contributed by atoms with Crippen LogP contribution in [0.5, 0.6) is 0 Å². The van der Waals surface area contributed by atoms with Gasteiger partial charge in [0.2, 0.25) is 11.8 Å². The van der Waals surface area contributed by atoms with E-state index in [9.17, 15) is 67.8 Å². The number of carboxylic acid groups (broad SMARTS) is 1. The second-order valence-corrected chi connectivity index (χ2v) is 18.3. The molecule has 2 unspecified atom stereocenters. The molecule has 322 valence electrons. The molecule has 2 amide bonds. The number of ether oxygens (including phenoxy) is 1. The fraction of sp³-hybridized carbons (Fsp3) is 0.667. The first-order valence-corrected chi connectivity index (χ1v) is 22.2. The number of fused-ring (bicyclic) bond motifs is 1. The van der Waals surface area contributed by atoms with Crippen LogP contribution in [-0.4, -0.2) is 129 Å². The number of nitrogens with zero attached hydrogens (tertiary/aromatic N) is 4. The maximum absolute atomic E-state index is 12.7. The van der Waals surface area contributed by atoms with Crippen LogP contribution >= 0.6 is 35.2 Å². The number of hydrogen-bond acceptors (Lipinski definition) is 20. The van der Waals surface area contributed by atoms with E-state index < -0.39 is 90.5 Å². The highest BCUT2D eigenvalue weighted by Gasteiger charge is 2.50. The normalized spacial score (nSPS) is 21.4. The fourth-order valence-corrected chi connectivity index (χ4v) is 8.46. The number of carboxylic acids is 1. The quantitative estimate of drug-likeness (QED) is 0.0405. The summed E-state index contributed by atoms with van der Waals surface area (Å²) in [4.78, 5) is 97.6. The number of nitrogens with one attached hydrogen (secondary N) is 2. The van der Waals surface area contributed by atoms with Crippen molar-refractivity contribution in [1.82, 2.24) is 30.2 Å². The van der Waals surface area contributed by atoms with E-state index in [0.717, 1.165) is 29.0 Å². The number of carbonyl (C=O) groups excluding carboxylic acids is 4. The Kier molecular flexibility index (Phi) is 17.7. The van der Waals surface area contributed by atoms with Crippen LogP contribution in [-0.2, 0) is 55.5 Å². The van der Waals surface area contributed by atoms with Crippen LogP contribution in [0.1, 0.15) is 52.2 Å². The Labute approximate surface area is 327 Å². The standard InChI is InChI=1S/C27H44N7O19P3S/c1-27(2,22(40)25(41)30-8-7-16(35)29-9-10-57-18(38)6-4-3-5-17(36)37)12-50-56(47,48)53-55(45,46)49-11-15-21(52-54(42,43)44)20(39)26(51-15)34-14-33-19-23(28)31-13-32-24(19)34/h13-15,20-22,26,39-40H,3-12H2,1-2H3,(H,29,35)(H,30,41)(H,36,37)(H,45,46)(H,47,48)(H2,28,31,32)(H2,42,43,44)/p-1/t15-,20-,21-,22+,26-/m1/s1. The average Bonchev–Trinajstić information content (AvgIpc) is 3.66. The van der Waals surface area contributed by atoms with Crippen molar-refractivity contribution >= 4 is 75.1 Å². The van der Waals surface area contributed by atoms with Crippen LogP contribution in [0.25, 0.3) is 11.2 Å². The highest BCUT2D eigenvalue weighted by atomic mass is 32.2. The molecule has 0 aromatic carbocycles. The summed E-state index contributed by atoms with van der Waals surface area (Å²) >= 11 is 0.966. The summed E-state index contributed by atoms with van der Waals surface area (Å²) in [6.07, 6.45) is -6.31. The van der Waals surface area contributed by atoms with Gasteiger partial charge in [-0.15, -0.1) is 0 Å². The molecule has 0 radical (unpaired) electrons. The first-order chi connectivity index (χ1) is 26.4. The third kappa shape index (κ3) is 15.6. The zero-order valence-corrected chi connectivity index (χ0v) is 33.7. The van der Waals surface area contributed by atoms with Gasteiger partial charge >= 0.3 is 23.5 Å². The number of carbonyl (C=O) groups is 4. The minimum Gasteiger partial charge on any atom is -0.550 e. The lowest BCUT2D eigenvalue weighted by atomic mass is 9.87. The molecule has 26 nitrogen and oxygen atoms in total. The summed E-state index contributed by atoms with van der Waals surface area (Å²) < 4.78 is 62.0. The lowest BCUT2D eigenvalue weighted by molar-refractivity contribution is -0.305. The molecule has 0 spiro atoms. The van der Waals surface area contributed by atoms with Crippen LogP contribution in [0.3, 0.4) is 0 Å². The maximum Gasteiger partial charge on any atom is 0.481 e. The Morgan fingerprint density at radius 2 is 1.68 bits per heavy atom. The average molecular weight is 895 g/mol. The molecular weight excluding hydrogens is 851 g/mol. The summed E-state index contributed by atoms with van der Waals surface area (Å²) in [5, 5.41) is 36.5. The minimum absolute atomic E-state index is 0.0206. The molecule has 1 fully saturated rings. The number of aliphatic hydroxyl groups excluding tert-OH is 2. The number of nitrogen functional groups attached to an aromatic ring is 1. The van der Waals surface area contributed by atoms with Crippen molar-refractivity contribution in [3.05, 3.63) is 12.7 Å². The molecular formula is C27H43N7O19P3S-. The monoisotopic (exact) mass is 894 g/mol. The number of imidazole rings is 1. The van der Waals surface area contributed by atoms with Crippen LogP contribution < -0.4 is 21.5 Å². The highest BCUT2D eigenvalue weighted by Crippen LogP contribution is 2.61. The van der Waals surface area contributed by atoms with E-state index in [-0.39, 0.29) is 60.2 Å². The molecule has 2 aromatic rings. The van der Waals surface area contributed by atoms with E-state index >= 15 is 0 Å². The van der Waals surface area contributed by atoms with Gasteiger partial charge in [0, 0.05) is 43.1 Å². The van der Waals surface area contributed by atoms with E-state index in [0.29, 0.717) is 12.8 Å². The zero-order valence-electron chi connectivity index (χ0n) is 30.2. The second kappa shape index (κ2) is 20.8. The molecule has 0 bridgehead atoms. The van der Waals surface area contributed by atoms with Crippen LogP contribution in [0.4, 0.5) is 5.82 Å². The smallest absolute Gasteiger partial charge is 0.481 e. The van der Waals surface area contributed by atoms with Crippen molar-refractivity contribution in [3.8, 4) is 0 Å². The van der Waals surface area contributed by atoms with Crippen LogP contribution in [0, 0.1) is 5.41 Å². The lowest BCUT2D eigenvalue weighted by Gasteiger charge is -2.30. The fourth-order valence-electron chi connectivity index (χ4n) is 4.91.